The molecule has 0 atom stereocenters. The van der Waals surface area contributed by atoms with Gasteiger partial charge in [-0.3, -0.25) is 9.59 Å². The van der Waals surface area contributed by atoms with Crippen molar-refractivity contribution in [3.05, 3.63) is 46.4 Å². The van der Waals surface area contributed by atoms with Crippen molar-refractivity contribution in [1.82, 2.24) is 14.9 Å². The molecule has 0 fully saturated rings. The highest BCUT2D eigenvalue weighted by molar-refractivity contribution is 7.99. The average molecular weight is 363 g/mol. The van der Waals surface area contributed by atoms with Gasteiger partial charge in [0.05, 0.1) is 17.9 Å². The van der Waals surface area contributed by atoms with Crippen LogP contribution in [-0.4, -0.2) is 39.1 Å². The lowest BCUT2D eigenvalue weighted by atomic mass is 10.2. The number of hydrogen-bond acceptors (Lipinski definition) is 8. The van der Waals surface area contributed by atoms with Gasteiger partial charge >= 0.3 is 5.97 Å². The minimum atomic E-state index is -0.511. The van der Waals surface area contributed by atoms with Crippen LogP contribution in [0.4, 0.5) is 5.69 Å². The zero-order chi connectivity index (χ0) is 18.2. The standard InChI is InChI=1S/C15H17N5O4S/c1-2-7-24-14(23)10-3-5-11(6-4-10)18-12(21)9-25-15-19-17-8-13(22)20(15)16/h3-6,8H,2,7,9,16H2,1H3,(H,18,21). The molecule has 1 amide bonds. The van der Waals surface area contributed by atoms with E-state index < -0.39 is 11.5 Å². The van der Waals surface area contributed by atoms with Gasteiger partial charge in [0.2, 0.25) is 11.1 Å². The van der Waals surface area contributed by atoms with Crippen LogP contribution in [0.3, 0.4) is 0 Å². The van der Waals surface area contributed by atoms with Crippen molar-refractivity contribution >= 4 is 29.3 Å². The lowest BCUT2D eigenvalue weighted by Crippen LogP contribution is -2.30. The van der Waals surface area contributed by atoms with E-state index in [9.17, 15) is 14.4 Å². The Morgan fingerprint density at radius 2 is 2.04 bits per heavy atom. The third-order valence-electron chi connectivity index (χ3n) is 2.93. The van der Waals surface area contributed by atoms with Crippen molar-refractivity contribution < 1.29 is 14.3 Å². The number of benzene rings is 1. The maximum atomic E-state index is 11.9. The predicted molar refractivity (Wildman–Crippen MR) is 92.8 cm³/mol. The van der Waals surface area contributed by atoms with E-state index in [-0.39, 0.29) is 16.8 Å². The SMILES string of the molecule is CCCOC(=O)c1ccc(NC(=O)CSc2nncc(=O)n2N)cc1. The second-order valence-corrected chi connectivity index (χ2v) is 5.83. The Labute approximate surface area is 147 Å². The third kappa shape index (κ3) is 5.31. The van der Waals surface area contributed by atoms with E-state index >= 15 is 0 Å². The van der Waals surface area contributed by atoms with E-state index in [1.165, 1.54) is 0 Å². The van der Waals surface area contributed by atoms with Gasteiger partial charge in [0, 0.05) is 5.69 Å². The largest absolute Gasteiger partial charge is 0.462 e. The van der Waals surface area contributed by atoms with E-state index in [1.807, 2.05) is 6.92 Å². The Morgan fingerprint density at radius 3 is 2.72 bits per heavy atom. The molecule has 0 spiro atoms. The molecular formula is C15H17N5O4S. The van der Waals surface area contributed by atoms with Gasteiger partial charge in [-0.25, -0.2) is 4.79 Å². The van der Waals surface area contributed by atoms with Crippen molar-refractivity contribution in [2.45, 2.75) is 18.5 Å². The van der Waals surface area contributed by atoms with E-state index in [0.717, 1.165) is 29.1 Å². The maximum Gasteiger partial charge on any atom is 0.338 e. The first kappa shape index (κ1) is 18.5. The van der Waals surface area contributed by atoms with Crippen LogP contribution in [0.25, 0.3) is 0 Å². The predicted octanol–water partition coefficient (Wildman–Crippen LogP) is 0.650. The van der Waals surface area contributed by atoms with Crippen LogP contribution in [0.1, 0.15) is 23.7 Å². The first-order valence-electron chi connectivity index (χ1n) is 7.41. The minimum absolute atomic E-state index is 0.00434. The van der Waals surface area contributed by atoms with E-state index in [0.29, 0.717) is 17.9 Å². The number of nitrogens with zero attached hydrogens (tertiary/aromatic N) is 3. The average Bonchev–Trinajstić information content (AvgIpc) is 2.61. The first-order valence-corrected chi connectivity index (χ1v) is 8.39. The van der Waals surface area contributed by atoms with Crippen molar-refractivity contribution in [3.63, 3.8) is 0 Å². The summed E-state index contributed by atoms with van der Waals surface area (Å²) in [4.78, 5) is 34.9. The van der Waals surface area contributed by atoms with Gasteiger partial charge in [-0.1, -0.05) is 18.7 Å². The van der Waals surface area contributed by atoms with Crippen LogP contribution in [0.2, 0.25) is 0 Å². The number of nitrogen functional groups attached to an aromatic ring is 1. The van der Waals surface area contributed by atoms with Crippen molar-refractivity contribution in [1.29, 1.82) is 0 Å². The summed E-state index contributed by atoms with van der Waals surface area (Å²) in [6.07, 6.45) is 1.73. The van der Waals surface area contributed by atoms with Crippen molar-refractivity contribution in [2.75, 3.05) is 23.5 Å². The molecule has 3 N–H and O–H groups in total. The number of thioether (sulfide) groups is 1. The summed E-state index contributed by atoms with van der Waals surface area (Å²) in [5, 5.41) is 9.99. The highest BCUT2D eigenvalue weighted by Gasteiger charge is 2.10. The smallest absolute Gasteiger partial charge is 0.338 e. The lowest BCUT2D eigenvalue weighted by Gasteiger charge is -2.07. The number of hydrogen-bond donors (Lipinski definition) is 2. The Kier molecular flexibility index (Phi) is 6.52. The molecule has 0 aliphatic rings. The highest BCUT2D eigenvalue weighted by Crippen LogP contribution is 2.14. The second kappa shape index (κ2) is 8.83. The molecule has 0 radical (unpaired) electrons. The molecule has 1 aromatic heterocycles. The molecule has 2 aromatic rings. The number of esters is 1. The van der Waals surface area contributed by atoms with Crippen LogP contribution in [0.15, 0.2) is 40.4 Å². The molecule has 0 unspecified atom stereocenters. The molecule has 0 aliphatic carbocycles. The van der Waals surface area contributed by atoms with Gasteiger partial charge < -0.3 is 15.9 Å². The first-order chi connectivity index (χ1) is 12.0. The molecule has 2 rings (SSSR count). The van der Waals surface area contributed by atoms with Crippen LogP contribution in [0, 0.1) is 0 Å². The number of nitrogens with two attached hydrogens (primary N) is 1. The molecule has 10 heteroatoms. The number of nitrogens with one attached hydrogen (secondary N) is 1. The number of ether oxygens (including phenoxy) is 1. The van der Waals surface area contributed by atoms with Gasteiger partial charge in [0.15, 0.2) is 0 Å². The summed E-state index contributed by atoms with van der Waals surface area (Å²) in [5.41, 5.74) is 0.429. The molecule has 0 aliphatic heterocycles. The quantitative estimate of drug-likeness (QED) is 0.417. The van der Waals surface area contributed by atoms with Gasteiger partial charge in [0.25, 0.3) is 5.56 Å². The second-order valence-electron chi connectivity index (χ2n) is 4.89. The number of aromatic nitrogens is 3. The zero-order valence-electron chi connectivity index (χ0n) is 13.5. The van der Waals surface area contributed by atoms with E-state index in [1.54, 1.807) is 24.3 Å². The summed E-state index contributed by atoms with van der Waals surface area (Å²) in [6.45, 7) is 2.28. The summed E-state index contributed by atoms with van der Waals surface area (Å²) < 4.78 is 5.85. The van der Waals surface area contributed by atoms with Gasteiger partial charge in [-0.2, -0.15) is 9.77 Å². The van der Waals surface area contributed by atoms with Gasteiger partial charge in [0.1, 0.15) is 6.20 Å². The Morgan fingerprint density at radius 1 is 1.32 bits per heavy atom. The summed E-state index contributed by atoms with van der Waals surface area (Å²) in [6, 6.07) is 6.35. The van der Waals surface area contributed by atoms with Gasteiger partial charge in [-0.05, 0) is 30.7 Å². The number of amides is 1. The number of carbonyl (C=O) groups excluding carboxylic acids is 2. The fourth-order valence-corrected chi connectivity index (χ4v) is 2.39. The zero-order valence-corrected chi connectivity index (χ0v) is 14.3. The summed E-state index contributed by atoms with van der Waals surface area (Å²) in [7, 11) is 0. The van der Waals surface area contributed by atoms with Crippen LogP contribution >= 0.6 is 11.8 Å². The van der Waals surface area contributed by atoms with Crippen LogP contribution in [0.5, 0.6) is 0 Å². The van der Waals surface area contributed by atoms with Crippen molar-refractivity contribution in [2.24, 2.45) is 0 Å². The highest BCUT2D eigenvalue weighted by atomic mass is 32.2. The molecule has 132 valence electrons. The Bertz CT molecular complexity index is 806. The lowest BCUT2D eigenvalue weighted by molar-refractivity contribution is -0.113. The molecule has 1 aromatic carbocycles. The Hall–Kier alpha value is -2.88. The van der Waals surface area contributed by atoms with Crippen LogP contribution in [-0.2, 0) is 9.53 Å². The third-order valence-corrected chi connectivity index (χ3v) is 3.87. The molecule has 0 saturated carbocycles. The topological polar surface area (TPSA) is 129 Å². The monoisotopic (exact) mass is 363 g/mol. The molecule has 0 bridgehead atoms. The van der Waals surface area contributed by atoms with E-state index in [2.05, 4.69) is 15.5 Å². The fourth-order valence-electron chi connectivity index (χ4n) is 1.73. The Balaban J connectivity index is 1.89. The fraction of sp³-hybridized carbons (Fsp3) is 0.267. The summed E-state index contributed by atoms with van der Waals surface area (Å²) >= 11 is 0.984. The molecular weight excluding hydrogens is 346 g/mol. The summed E-state index contributed by atoms with van der Waals surface area (Å²) in [5.74, 6) is 4.78. The van der Waals surface area contributed by atoms with E-state index in [4.69, 9.17) is 10.6 Å². The minimum Gasteiger partial charge on any atom is -0.462 e. The van der Waals surface area contributed by atoms with Crippen molar-refractivity contribution in [3.8, 4) is 0 Å². The van der Waals surface area contributed by atoms with Gasteiger partial charge in [-0.15, -0.1) is 5.10 Å². The molecule has 25 heavy (non-hydrogen) atoms. The molecule has 0 saturated heterocycles. The van der Waals surface area contributed by atoms with Crippen LogP contribution < -0.4 is 16.7 Å². The number of carbonyl (C=O) groups is 2. The molecule has 9 nitrogen and oxygen atoms in total. The molecule has 1 heterocycles. The normalized spacial score (nSPS) is 10.3. The number of anilines is 1. The maximum absolute atomic E-state index is 11.9. The number of rotatable bonds is 7.